The van der Waals surface area contributed by atoms with E-state index >= 15 is 0 Å². The van der Waals surface area contributed by atoms with Crippen LogP contribution in [0.2, 0.25) is 0 Å². The Morgan fingerprint density at radius 1 is 1.48 bits per heavy atom. The van der Waals surface area contributed by atoms with E-state index in [4.69, 9.17) is 9.47 Å². The maximum atomic E-state index is 11.7. The Morgan fingerprint density at radius 2 is 2.24 bits per heavy atom. The molecule has 0 saturated carbocycles. The molecule has 1 N–H and O–H groups in total. The van der Waals surface area contributed by atoms with E-state index in [1.807, 2.05) is 12.1 Å². The molecule has 1 heterocycles. The lowest BCUT2D eigenvalue weighted by atomic mass is 9.97. The molecule has 4 nitrogen and oxygen atoms in total. The van der Waals surface area contributed by atoms with Gasteiger partial charge in [-0.15, -0.1) is 0 Å². The Morgan fingerprint density at radius 3 is 2.90 bits per heavy atom. The Bertz CT molecular complexity index is 511. The third-order valence-electron chi connectivity index (χ3n) is 3.74. The topological polar surface area (TPSA) is 47.6 Å². The molecule has 0 saturated heterocycles. The lowest BCUT2D eigenvalue weighted by molar-refractivity contribution is -0.141. The highest BCUT2D eigenvalue weighted by Crippen LogP contribution is 2.40. The Hall–Kier alpha value is -1.55. The van der Waals surface area contributed by atoms with E-state index in [0.717, 1.165) is 30.7 Å². The summed E-state index contributed by atoms with van der Waals surface area (Å²) in [7, 11) is 1.42. The van der Waals surface area contributed by atoms with Crippen molar-refractivity contribution in [3.63, 3.8) is 0 Å². The molecule has 1 aromatic rings. The number of hydrogen-bond donors (Lipinski definition) is 1. The molecule has 1 aliphatic heterocycles. The molecule has 1 unspecified atom stereocenters. The Kier molecular flexibility index (Phi) is 4.88. The maximum Gasteiger partial charge on any atom is 0.307 e. The zero-order valence-electron chi connectivity index (χ0n) is 13.4. The van der Waals surface area contributed by atoms with Gasteiger partial charge >= 0.3 is 5.97 Å². The van der Waals surface area contributed by atoms with E-state index in [9.17, 15) is 4.79 Å². The van der Waals surface area contributed by atoms with E-state index in [2.05, 4.69) is 32.2 Å². The molecule has 1 atom stereocenters. The van der Waals surface area contributed by atoms with Gasteiger partial charge in [0.2, 0.25) is 0 Å². The number of rotatable bonds is 6. The Balaban J connectivity index is 2.28. The number of nitrogens with one attached hydrogen (secondary N) is 1. The van der Waals surface area contributed by atoms with Crippen molar-refractivity contribution in [2.24, 2.45) is 0 Å². The van der Waals surface area contributed by atoms with Crippen molar-refractivity contribution in [3.05, 3.63) is 29.3 Å². The fraction of sp³-hybridized carbons (Fsp3) is 0.588. The summed E-state index contributed by atoms with van der Waals surface area (Å²) < 4.78 is 10.9. The summed E-state index contributed by atoms with van der Waals surface area (Å²) in [5, 5.41) is 3.43. The highest BCUT2D eigenvalue weighted by Gasteiger charge is 2.33. The van der Waals surface area contributed by atoms with Crippen LogP contribution in [0.1, 0.15) is 50.8 Å². The molecule has 116 valence electrons. The molecule has 21 heavy (non-hydrogen) atoms. The predicted octanol–water partition coefficient (Wildman–Crippen LogP) is 3.00. The van der Waals surface area contributed by atoms with E-state index in [-0.39, 0.29) is 17.6 Å². The lowest BCUT2D eigenvalue weighted by Gasteiger charge is -2.22. The first-order valence-corrected chi connectivity index (χ1v) is 7.58. The van der Waals surface area contributed by atoms with Gasteiger partial charge in [-0.2, -0.15) is 0 Å². The first-order chi connectivity index (χ1) is 9.96. The summed E-state index contributed by atoms with van der Waals surface area (Å²) in [6.07, 6.45) is 2.23. The third-order valence-corrected chi connectivity index (χ3v) is 3.74. The van der Waals surface area contributed by atoms with Crippen molar-refractivity contribution in [2.45, 2.75) is 51.7 Å². The molecule has 1 aromatic carbocycles. The number of fused-ring (bicyclic) bond motifs is 1. The minimum absolute atomic E-state index is 0.0683. The highest BCUT2D eigenvalue weighted by atomic mass is 16.5. The van der Waals surface area contributed by atoms with Gasteiger partial charge in [0.15, 0.2) is 0 Å². The fourth-order valence-electron chi connectivity index (χ4n) is 2.77. The summed E-state index contributed by atoms with van der Waals surface area (Å²) in [5.41, 5.74) is 2.08. The summed E-state index contributed by atoms with van der Waals surface area (Å²) in [5.74, 6) is 0.721. The van der Waals surface area contributed by atoms with Gasteiger partial charge in [-0.05, 0) is 32.4 Å². The van der Waals surface area contributed by atoms with Gasteiger partial charge < -0.3 is 14.8 Å². The quantitative estimate of drug-likeness (QED) is 0.819. The smallest absolute Gasteiger partial charge is 0.307 e. The second kappa shape index (κ2) is 6.48. The van der Waals surface area contributed by atoms with Crippen molar-refractivity contribution >= 4 is 5.97 Å². The summed E-state index contributed by atoms with van der Waals surface area (Å²) in [6, 6.07) is 6.11. The van der Waals surface area contributed by atoms with E-state index in [0.29, 0.717) is 6.42 Å². The number of para-hydroxylation sites is 1. The molecule has 0 aromatic heterocycles. The zero-order valence-corrected chi connectivity index (χ0v) is 13.4. The highest BCUT2D eigenvalue weighted by molar-refractivity contribution is 5.70. The Labute approximate surface area is 126 Å². The number of carbonyl (C=O) groups is 1. The van der Waals surface area contributed by atoms with Crippen LogP contribution in [0.15, 0.2) is 18.2 Å². The number of methoxy groups -OCH3 is 1. The molecule has 0 aliphatic carbocycles. The number of hydrogen-bond acceptors (Lipinski definition) is 4. The van der Waals surface area contributed by atoms with Crippen LogP contribution in [-0.4, -0.2) is 25.2 Å². The number of benzene rings is 1. The standard InChI is InChI=1S/C17H25NO3/c1-5-9-18-14(10-15(19)20-4)13-8-6-7-12-11-17(2,3)21-16(12)13/h6-8,14,18H,5,9-11H2,1-4H3. The second-order valence-electron chi connectivity index (χ2n) is 6.16. The fourth-order valence-corrected chi connectivity index (χ4v) is 2.77. The average Bonchev–Trinajstić information content (AvgIpc) is 2.76. The third kappa shape index (κ3) is 3.76. The molecule has 0 amide bonds. The van der Waals surface area contributed by atoms with Crippen molar-refractivity contribution in [2.75, 3.05) is 13.7 Å². The predicted molar refractivity (Wildman–Crippen MR) is 82.5 cm³/mol. The van der Waals surface area contributed by atoms with Crippen LogP contribution in [0.4, 0.5) is 0 Å². The van der Waals surface area contributed by atoms with Crippen molar-refractivity contribution < 1.29 is 14.3 Å². The molecule has 1 aliphatic rings. The molecule has 0 spiro atoms. The minimum Gasteiger partial charge on any atom is -0.487 e. The monoisotopic (exact) mass is 291 g/mol. The second-order valence-corrected chi connectivity index (χ2v) is 6.16. The molecular weight excluding hydrogens is 266 g/mol. The van der Waals surface area contributed by atoms with Gasteiger partial charge in [0, 0.05) is 18.0 Å². The van der Waals surface area contributed by atoms with Crippen LogP contribution in [0, 0.1) is 0 Å². The van der Waals surface area contributed by atoms with Crippen LogP contribution in [0.25, 0.3) is 0 Å². The number of carbonyl (C=O) groups excluding carboxylic acids is 1. The molecule has 2 rings (SSSR count). The first-order valence-electron chi connectivity index (χ1n) is 7.58. The number of ether oxygens (including phenoxy) is 2. The summed E-state index contributed by atoms with van der Waals surface area (Å²) in [4.78, 5) is 11.7. The molecule has 0 bridgehead atoms. The van der Waals surface area contributed by atoms with Crippen LogP contribution in [0.3, 0.4) is 0 Å². The zero-order chi connectivity index (χ0) is 15.5. The van der Waals surface area contributed by atoms with Gasteiger partial charge in [-0.25, -0.2) is 0 Å². The SMILES string of the molecule is CCCNC(CC(=O)OC)c1cccc2c1OC(C)(C)C2. The van der Waals surface area contributed by atoms with Crippen LogP contribution in [-0.2, 0) is 16.0 Å². The molecular formula is C17H25NO3. The van der Waals surface area contributed by atoms with E-state index in [1.165, 1.54) is 12.7 Å². The van der Waals surface area contributed by atoms with Gasteiger partial charge in [-0.1, -0.05) is 25.1 Å². The van der Waals surface area contributed by atoms with Gasteiger partial charge in [-0.3, -0.25) is 4.79 Å². The normalized spacial score (nSPS) is 17.0. The van der Waals surface area contributed by atoms with Gasteiger partial charge in [0.05, 0.1) is 13.5 Å². The van der Waals surface area contributed by atoms with Crippen LogP contribution < -0.4 is 10.1 Å². The van der Waals surface area contributed by atoms with E-state index in [1.54, 1.807) is 0 Å². The van der Waals surface area contributed by atoms with Gasteiger partial charge in [0.25, 0.3) is 0 Å². The minimum atomic E-state index is -0.210. The van der Waals surface area contributed by atoms with Gasteiger partial charge in [0.1, 0.15) is 11.4 Å². The summed E-state index contributed by atoms with van der Waals surface area (Å²) in [6.45, 7) is 7.14. The summed E-state index contributed by atoms with van der Waals surface area (Å²) >= 11 is 0. The largest absolute Gasteiger partial charge is 0.487 e. The van der Waals surface area contributed by atoms with E-state index < -0.39 is 0 Å². The molecule has 4 heteroatoms. The lowest BCUT2D eigenvalue weighted by Crippen LogP contribution is -2.27. The molecule has 0 fully saturated rings. The average molecular weight is 291 g/mol. The van der Waals surface area contributed by atoms with Crippen molar-refractivity contribution in [1.29, 1.82) is 0 Å². The van der Waals surface area contributed by atoms with Crippen LogP contribution >= 0.6 is 0 Å². The van der Waals surface area contributed by atoms with Crippen LogP contribution in [0.5, 0.6) is 5.75 Å². The molecule has 0 radical (unpaired) electrons. The van der Waals surface area contributed by atoms with Crippen molar-refractivity contribution in [1.82, 2.24) is 5.32 Å². The maximum absolute atomic E-state index is 11.7. The number of esters is 1. The van der Waals surface area contributed by atoms with Crippen molar-refractivity contribution in [3.8, 4) is 5.75 Å². The first kappa shape index (κ1) is 15.8.